The van der Waals surface area contributed by atoms with Gasteiger partial charge in [-0.3, -0.25) is 4.79 Å². The molecule has 0 saturated heterocycles. The SMILES string of the molecule is O=C(O)CCCCc1ccc(CCCCCCOc2ccccc2)s1. The van der Waals surface area contributed by atoms with Gasteiger partial charge in [-0.05, 0) is 62.8 Å². The zero-order chi connectivity index (χ0) is 17.7. The van der Waals surface area contributed by atoms with E-state index < -0.39 is 5.97 Å². The Hall–Kier alpha value is -1.81. The fourth-order valence-corrected chi connectivity index (χ4v) is 3.83. The number of para-hydroxylation sites is 1. The van der Waals surface area contributed by atoms with Crippen LogP contribution in [0.3, 0.4) is 0 Å². The van der Waals surface area contributed by atoms with Gasteiger partial charge in [-0.1, -0.05) is 31.0 Å². The molecule has 0 aliphatic carbocycles. The van der Waals surface area contributed by atoms with Gasteiger partial charge in [-0.2, -0.15) is 0 Å². The minimum absolute atomic E-state index is 0.284. The van der Waals surface area contributed by atoms with Crippen molar-refractivity contribution >= 4 is 17.3 Å². The average Bonchev–Trinajstić information content (AvgIpc) is 3.06. The molecule has 0 atom stereocenters. The van der Waals surface area contributed by atoms with Crippen molar-refractivity contribution in [2.75, 3.05) is 6.61 Å². The van der Waals surface area contributed by atoms with Gasteiger partial charge in [-0.25, -0.2) is 0 Å². The van der Waals surface area contributed by atoms with Gasteiger partial charge in [0, 0.05) is 16.2 Å². The third kappa shape index (κ3) is 8.73. The van der Waals surface area contributed by atoms with E-state index in [0.717, 1.165) is 44.5 Å². The van der Waals surface area contributed by atoms with E-state index in [1.165, 1.54) is 29.0 Å². The molecule has 0 radical (unpaired) electrons. The van der Waals surface area contributed by atoms with Crippen LogP contribution in [0.4, 0.5) is 0 Å². The van der Waals surface area contributed by atoms with Crippen LogP contribution in [0.2, 0.25) is 0 Å². The molecule has 136 valence electrons. The monoisotopic (exact) mass is 360 g/mol. The molecule has 0 unspecified atom stereocenters. The molecular weight excluding hydrogens is 332 g/mol. The topological polar surface area (TPSA) is 46.5 Å². The molecule has 0 fully saturated rings. The lowest BCUT2D eigenvalue weighted by Gasteiger charge is -2.05. The zero-order valence-electron chi connectivity index (χ0n) is 14.8. The number of carboxylic acids is 1. The fourth-order valence-electron chi connectivity index (χ4n) is 2.73. The molecule has 0 aliphatic rings. The number of unbranched alkanes of at least 4 members (excludes halogenated alkanes) is 4. The van der Waals surface area contributed by atoms with Gasteiger partial charge in [-0.15, -0.1) is 11.3 Å². The second-order valence-electron chi connectivity index (χ2n) is 6.29. The van der Waals surface area contributed by atoms with Crippen molar-refractivity contribution in [2.24, 2.45) is 0 Å². The molecule has 0 spiro atoms. The minimum atomic E-state index is -0.693. The molecule has 0 bridgehead atoms. The number of carbonyl (C=O) groups is 1. The highest BCUT2D eigenvalue weighted by Gasteiger charge is 2.02. The predicted molar refractivity (Wildman–Crippen MR) is 104 cm³/mol. The zero-order valence-corrected chi connectivity index (χ0v) is 15.6. The van der Waals surface area contributed by atoms with Crippen LogP contribution in [-0.2, 0) is 17.6 Å². The Labute approximate surface area is 154 Å². The molecule has 1 N–H and O–H groups in total. The van der Waals surface area contributed by atoms with E-state index >= 15 is 0 Å². The van der Waals surface area contributed by atoms with Crippen LogP contribution in [0.25, 0.3) is 0 Å². The maximum absolute atomic E-state index is 10.5. The number of aryl methyl sites for hydroxylation is 2. The van der Waals surface area contributed by atoms with Crippen molar-refractivity contribution in [1.29, 1.82) is 0 Å². The molecule has 25 heavy (non-hydrogen) atoms. The highest BCUT2D eigenvalue weighted by atomic mass is 32.1. The van der Waals surface area contributed by atoms with Crippen molar-refractivity contribution in [3.05, 3.63) is 52.2 Å². The van der Waals surface area contributed by atoms with Gasteiger partial charge in [0.15, 0.2) is 0 Å². The van der Waals surface area contributed by atoms with E-state index in [0.29, 0.717) is 0 Å². The van der Waals surface area contributed by atoms with Crippen LogP contribution in [0.15, 0.2) is 42.5 Å². The maximum Gasteiger partial charge on any atom is 0.303 e. The minimum Gasteiger partial charge on any atom is -0.494 e. The summed E-state index contributed by atoms with van der Waals surface area (Å²) >= 11 is 1.89. The molecule has 3 nitrogen and oxygen atoms in total. The molecular formula is C21H28O3S. The molecule has 0 aliphatic heterocycles. The van der Waals surface area contributed by atoms with Gasteiger partial charge in [0.2, 0.25) is 0 Å². The number of hydrogen-bond donors (Lipinski definition) is 1. The fraction of sp³-hybridized carbons (Fsp3) is 0.476. The molecule has 1 heterocycles. The van der Waals surface area contributed by atoms with Gasteiger partial charge >= 0.3 is 5.97 Å². The van der Waals surface area contributed by atoms with Gasteiger partial charge in [0.1, 0.15) is 5.75 Å². The molecule has 0 saturated carbocycles. The van der Waals surface area contributed by atoms with E-state index in [-0.39, 0.29) is 6.42 Å². The number of rotatable bonds is 13. The Balaban J connectivity index is 1.48. The molecule has 0 amide bonds. The number of carboxylic acid groups (broad SMARTS) is 1. The summed E-state index contributed by atoms with van der Waals surface area (Å²) in [5.74, 6) is 0.262. The Kier molecular flexibility index (Phi) is 9.13. The number of benzene rings is 1. The van der Waals surface area contributed by atoms with Crippen molar-refractivity contribution in [3.63, 3.8) is 0 Å². The smallest absolute Gasteiger partial charge is 0.303 e. The summed E-state index contributed by atoms with van der Waals surface area (Å²) in [6.07, 6.45) is 8.96. The molecule has 1 aromatic carbocycles. The summed E-state index contributed by atoms with van der Waals surface area (Å²) in [6.45, 7) is 0.795. The van der Waals surface area contributed by atoms with E-state index in [9.17, 15) is 4.79 Å². The van der Waals surface area contributed by atoms with Crippen LogP contribution in [0.1, 0.15) is 54.7 Å². The van der Waals surface area contributed by atoms with Crippen LogP contribution >= 0.6 is 11.3 Å². The average molecular weight is 361 g/mol. The number of ether oxygens (including phenoxy) is 1. The standard InChI is InChI=1S/C21H28O3S/c22-21(23)14-8-7-13-20-16-15-19(25-20)12-6-1-2-9-17-24-18-10-4-3-5-11-18/h3-5,10-11,15-16H,1-2,6-9,12-14,17H2,(H,22,23). The van der Waals surface area contributed by atoms with Gasteiger partial charge in [0.25, 0.3) is 0 Å². The highest BCUT2D eigenvalue weighted by molar-refractivity contribution is 7.11. The second kappa shape index (κ2) is 11.7. The van der Waals surface area contributed by atoms with Crippen molar-refractivity contribution in [1.82, 2.24) is 0 Å². The van der Waals surface area contributed by atoms with E-state index in [2.05, 4.69) is 12.1 Å². The van der Waals surface area contributed by atoms with Gasteiger partial charge < -0.3 is 9.84 Å². The Bertz CT molecular complexity index is 607. The summed E-state index contributed by atoms with van der Waals surface area (Å²) in [6, 6.07) is 14.4. The van der Waals surface area contributed by atoms with Crippen LogP contribution in [-0.4, -0.2) is 17.7 Å². The second-order valence-corrected chi connectivity index (χ2v) is 7.55. The third-order valence-corrected chi connectivity index (χ3v) is 5.32. The summed E-state index contributed by atoms with van der Waals surface area (Å²) in [5.41, 5.74) is 0. The number of aliphatic carboxylic acids is 1. The molecule has 4 heteroatoms. The molecule has 2 rings (SSSR count). The number of hydrogen-bond acceptors (Lipinski definition) is 3. The lowest BCUT2D eigenvalue weighted by molar-refractivity contribution is -0.137. The first-order chi connectivity index (χ1) is 12.2. The van der Waals surface area contributed by atoms with E-state index in [1.54, 1.807) is 0 Å². The van der Waals surface area contributed by atoms with Crippen LogP contribution in [0.5, 0.6) is 5.75 Å². The first kappa shape index (κ1) is 19.5. The first-order valence-electron chi connectivity index (χ1n) is 9.21. The molecule has 1 aromatic heterocycles. The number of thiophene rings is 1. The Morgan fingerprint density at radius 1 is 0.840 bits per heavy atom. The van der Waals surface area contributed by atoms with Crippen molar-refractivity contribution < 1.29 is 14.6 Å². The quantitative estimate of drug-likeness (QED) is 0.464. The normalized spacial score (nSPS) is 10.7. The highest BCUT2D eigenvalue weighted by Crippen LogP contribution is 2.21. The maximum atomic E-state index is 10.5. The van der Waals surface area contributed by atoms with Crippen LogP contribution < -0.4 is 4.74 Å². The summed E-state index contributed by atoms with van der Waals surface area (Å²) in [5, 5.41) is 8.64. The summed E-state index contributed by atoms with van der Waals surface area (Å²) in [4.78, 5) is 13.3. The Morgan fingerprint density at radius 3 is 2.16 bits per heavy atom. The lowest BCUT2D eigenvalue weighted by Crippen LogP contribution is -1.97. The van der Waals surface area contributed by atoms with Crippen molar-refractivity contribution in [2.45, 2.75) is 57.8 Å². The largest absolute Gasteiger partial charge is 0.494 e. The first-order valence-corrected chi connectivity index (χ1v) is 10.0. The summed E-state index contributed by atoms with van der Waals surface area (Å²) < 4.78 is 5.70. The predicted octanol–water partition coefficient (Wildman–Crippen LogP) is 5.73. The van der Waals surface area contributed by atoms with E-state index in [1.807, 2.05) is 41.7 Å². The van der Waals surface area contributed by atoms with Crippen LogP contribution in [0, 0.1) is 0 Å². The van der Waals surface area contributed by atoms with E-state index in [4.69, 9.17) is 9.84 Å². The summed E-state index contributed by atoms with van der Waals surface area (Å²) in [7, 11) is 0. The molecule has 2 aromatic rings. The van der Waals surface area contributed by atoms with Crippen molar-refractivity contribution in [3.8, 4) is 5.75 Å². The van der Waals surface area contributed by atoms with Gasteiger partial charge in [0.05, 0.1) is 6.61 Å². The lowest BCUT2D eigenvalue weighted by atomic mass is 10.1. The Morgan fingerprint density at radius 2 is 1.48 bits per heavy atom. The third-order valence-electron chi connectivity index (χ3n) is 4.11.